The molecule has 0 amide bonds. The van der Waals surface area contributed by atoms with Crippen LogP contribution < -0.4 is 5.32 Å². The lowest BCUT2D eigenvalue weighted by molar-refractivity contribution is 0.583. The summed E-state index contributed by atoms with van der Waals surface area (Å²) in [5, 5.41) is 3.42. The molecule has 1 aromatic carbocycles. The first kappa shape index (κ1) is 17.2. The number of nitrogens with one attached hydrogen (secondary N) is 1. The van der Waals surface area contributed by atoms with Crippen LogP contribution in [-0.2, 0) is 11.8 Å². The second-order valence-electron chi connectivity index (χ2n) is 6.27. The van der Waals surface area contributed by atoms with Crippen LogP contribution in [-0.4, -0.2) is 7.05 Å². The molecule has 2 aromatic rings. The lowest BCUT2D eigenvalue weighted by Gasteiger charge is -2.20. The second kappa shape index (κ2) is 6.95. The van der Waals surface area contributed by atoms with Gasteiger partial charge in [-0.1, -0.05) is 45.0 Å². The van der Waals surface area contributed by atoms with Gasteiger partial charge in [0.05, 0.1) is 7.57 Å². The fraction of sp³-hybridized carbons (Fsp3) is 0.412. The summed E-state index contributed by atoms with van der Waals surface area (Å²) in [6.45, 7) is 6.75. The summed E-state index contributed by atoms with van der Waals surface area (Å²) >= 11 is 8.94. The van der Waals surface area contributed by atoms with Crippen LogP contribution in [0.3, 0.4) is 0 Å². The SMILES string of the molecule is CNC(Cc1ccc(C(C)(C)C)cc1)c1cc(Br)sc1Br. The first-order chi connectivity index (χ1) is 9.81. The molecule has 1 nitrogen and oxygen atoms in total. The third-order valence-electron chi connectivity index (χ3n) is 3.67. The van der Waals surface area contributed by atoms with Gasteiger partial charge in [0.25, 0.3) is 0 Å². The maximum absolute atomic E-state index is 3.66. The molecule has 1 unspecified atom stereocenters. The molecule has 21 heavy (non-hydrogen) atoms. The first-order valence-electron chi connectivity index (χ1n) is 7.02. The van der Waals surface area contributed by atoms with Gasteiger partial charge < -0.3 is 5.32 Å². The van der Waals surface area contributed by atoms with Crippen molar-refractivity contribution in [1.29, 1.82) is 0 Å². The van der Waals surface area contributed by atoms with Gasteiger partial charge in [-0.3, -0.25) is 0 Å². The van der Waals surface area contributed by atoms with Gasteiger partial charge in [-0.15, -0.1) is 11.3 Å². The Kier molecular flexibility index (Phi) is 5.69. The van der Waals surface area contributed by atoms with Gasteiger partial charge in [0.1, 0.15) is 0 Å². The van der Waals surface area contributed by atoms with E-state index in [9.17, 15) is 0 Å². The maximum atomic E-state index is 3.66. The predicted octanol–water partition coefficient (Wildman–Crippen LogP) is 6.07. The lowest BCUT2D eigenvalue weighted by Crippen LogP contribution is -2.18. The molecule has 0 fully saturated rings. The summed E-state index contributed by atoms with van der Waals surface area (Å²) in [7, 11) is 2.02. The van der Waals surface area contributed by atoms with E-state index in [1.807, 2.05) is 7.05 Å². The minimum absolute atomic E-state index is 0.211. The van der Waals surface area contributed by atoms with E-state index >= 15 is 0 Å². The van der Waals surface area contributed by atoms with Gasteiger partial charge in [0.2, 0.25) is 0 Å². The Morgan fingerprint density at radius 3 is 2.19 bits per heavy atom. The topological polar surface area (TPSA) is 12.0 Å². The van der Waals surface area contributed by atoms with E-state index in [1.165, 1.54) is 20.5 Å². The summed E-state index contributed by atoms with van der Waals surface area (Å²) in [5.41, 5.74) is 4.26. The molecule has 0 spiro atoms. The van der Waals surface area contributed by atoms with Crippen molar-refractivity contribution in [3.05, 3.63) is 54.6 Å². The van der Waals surface area contributed by atoms with Crippen LogP contribution in [0.15, 0.2) is 37.9 Å². The van der Waals surface area contributed by atoms with Crippen molar-refractivity contribution < 1.29 is 0 Å². The zero-order chi connectivity index (χ0) is 15.6. The maximum Gasteiger partial charge on any atom is 0.0758 e. The van der Waals surface area contributed by atoms with Crippen molar-refractivity contribution >= 4 is 43.2 Å². The van der Waals surface area contributed by atoms with Gasteiger partial charge in [0, 0.05) is 6.04 Å². The van der Waals surface area contributed by atoms with E-state index in [0.29, 0.717) is 6.04 Å². The summed E-state index contributed by atoms with van der Waals surface area (Å²) in [5.74, 6) is 0. The van der Waals surface area contributed by atoms with Crippen molar-refractivity contribution in [2.75, 3.05) is 7.05 Å². The largest absolute Gasteiger partial charge is 0.313 e. The molecule has 0 aliphatic carbocycles. The third-order valence-corrected chi connectivity index (χ3v) is 6.05. The normalized spacial score (nSPS) is 13.4. The Morgan fingerprint density at radius 1 is 1.14 bits per heavy atom. The molecule has 0 radical (unpaired) electrons. The summed E-state index contributed by atoms with van der Waals surface area (Å²) < 4.78 is 2.35. The van der Waals surface area contributed by atoms with Gasteiger partial charge in [-0.05, 0) is 73.5 Å². The molecule has 0 saturated heterocycles. The highest BCUT2D eigenvalue weighted by atomic mass is 79.9. The van der Waals surface area contributed by atoms with Crippen LogP contribution in [0, 0.1) is 0 Å². The van der Waals surface area contributed by atoms with Crippen LogP contribution in [0.25, 0.3) is 0 Å². The molecular formula is C17H21Br2NS. The summed E-state index contributed by atoms with van der Waals surface area (Å²) in [6.07, 6.45) is 0.989. The van der Waals surface area contributed by atoms with E-state index in [2.05, 4.69) is 88.3 Å². The van der Waals surface area contributed by atoms with Crippen molar-refractivity contribution in [3.8, 4) is 0 Å². The Hall–Kier alpha value is -0.160. The van der Waals surface area contributed by atoms with Crippen LogP contribution in [0.5, 0.6) is 0 Å². The highest BCUT2D eigenvalue weighted by Crippen LogP contribution is 2.36. The number of hydrogen-bond acceptors (Lipinski definition) is 2. The lowest BCUT2D eigenvalue weighted by atomic mass is 9.86. The Balaban J connectivity index is 2.17. The number of thiophene rings is 1. The molecule has 0 aliphatic heterocycles. The molecule has 114 valence electrons. The number of likely N-dealkylation sites (N-methyl/N-ethyl adjacent to an activating group) is 1. The fourth-order valence-electron chi connectivity index (χ4n) is 2.33. The first-order valence-corrected chi connectivity index (χ1v) is 9.43. The smallest absolute Gasteiger partial charge is 0.0758 e. The fourth-order valence-corrected chi connectivity index (χ4v) is 5.31. The van der Waals surface area contributed by atoms with Gasteiger partial charge >= 0.3 is 0 Å². The number of benzene rings is 1. The van der Waals surface area contributed by atoms with E-state index in [0.717, 1.165) is 10.2 Å². The monoisotopic (exact) mass is 429 g/mol. The van der Waals surface area contributed by atoms with E-state index in [-0.39, 0.29) is 5.41 Å². The highest BCUT2D eigenvalue weighted by molar-refractivity contribution is 9.12. The Morgan fingerprint density at radius 2 is 1.76 bits per heavy atom. The number of halogens is 2. The van der Waals surface area contributed by atoms with E-state index < -0.39 is 0 Å². The van der Waals surface area contributed by atoms with Crippen LogP contribution >= 0.6 is 43.2 Å². The second-order valence-corrected chi connectivity index (χ2v) is 10.0. The molecular weight excluding hydrogens is 410 g/mol. The van der Waals surface area contributed by atoms with Gasteiger partial charge in [-0.25, -0.2) is 0 Å². The number of hydrogen-bond donors (Lipinski definition) is 1. The standard InChI is InChI=1S/C17H21Br2NS/c1-17(2,3)12-7-5-11(6-8-12)9-14(20-4)13-10-15(18)21-16(13)19/h5-8,10,14,20H,9H2,1-4H3. The quantitative estimate of drug-likeness (QED) is 0.620. The van der Waals surface area contributed by atoms with Crippen molar-refractivity contribution in [2.45, 2.75) is 38.6 Å². The van der Waals surface area contributed by atoms with Crippen LogP contribution in [0.1, 0.15) is 43.5 Å². The number of rotatable bonds is 4. The molecule has 0 saturated carbocycles. The molecule has 4 heteroatoms. The van der Waals surface area contributed by atoms with Gasteiger partial charge in [-0.2, -0.15) is 0 Å². The average Bonchev–Trinajstić information content (AvgIpc) is 2.74. The zero-order valence-electron chi connectivity index (χ0n) is 12.8. The van der Waals surface area contributed by atoms with Gasteiger partial charge in [0.15, 0.2) is 0 Å². The van der Waals surface area contributed by atoms with Crippen LogP contribution in [0.4, 0.5) is 0 Å². The molecule has 1 atom stereocenters. The molecule has 1 aromatic heterocycles. The molecule has 1 heterocycles. The van der Waals surface area contributed by atoms with Crippen LogP contribution in [0.2, 0.25) is 0 Å². The Bertz CT molecular complexity index is 596. The van der Waals surface area contributed by atoms with Crippen molar-refractivity contribution in [2.24, 2.45) is 0 Å². The minimum Gasteiger partial charge on any atom is -0.313 e. The molecule has 2 rings (SSSR count). The minimum atomic E-state index is 0.211. The van der Waals surface area contributed by atoms with E-state index in [1.54, 1.807) is 11.3 Å². The summed E-state index contributed by atoms with van der Waals surface area (Å²) in [4.78, 5) is 0. The predicted molar refractivity (Wildman–Crippen MR) is 100 cm³/mol. The summed E-state index contributed by atoms with van der Waals surface area (Å²) in [6, 6.07) is 11.5. The Labute approximate surface area is 148 Å². The highest BCUT2D eigenvalue weighted by Gasteiger charge is 2.17. The third kappa shape index (κ3) is 4.41. The molecule has 0 aliphatic rings. The van der Waals surface area contributed by atoms with Crippen molar-refractivity contribution in [3.63, 3.8) is 0 Å². The molecule has 1 N–H and O–H groups in total. The molecule has 0 bridgehead atoms. The van der Waals surface area contributed by atoms with E-state index in [4.69, 9.17) is 0 Å². The zero-order valence-corrected chi connectivity index (χ0v) is 16.8. The average molecular weight is 431 g/mol. The van der Waals surface area contributed by atoms with Crippen molar-refractivity contribution in [1.82, 2.24) is 5.32 Å².